The molecule has 1 aliphatic rings. The minimum absolute atomic E-state index is 0. The van der Waals surface area contributed by atoms with E-state index in [0.29, 0.717) is 16.6 Å². The van der Waals surface area contributed by atoms with E-state index in [1.165, 1.54) is 0 Å². The van der Waals surface area contributed by atoms with E-state index in [4.69, 9.17) is 23.2 Å². The number of nitrogens with one attached hydrogen (secondary N) is 2. The average Bonchev–Trinajstić information content (AvgIpc) is 3.17. The summed E-state index contributed by atoms with van der Waals surface area (Å²) in [7, 11) is 1.88. The molecule has 1 amide bonds. The summed E-state index contributed by atoms with van der Waals surface area (Å²) >= 11 is 12.3. The second-order valence-corrected chi connectivity index (χ2v) is 7.06. The zero-order valence-corrected chi connectivity index (χ0v) is 16.3. The summed E-state index contributed by atoms with van der Waals surface area (Å²) in [5.41, 5.74) is 1.90. The van der Waals surface area contributed by atoms with E-state index in [0.717, 1.165) is 17.7 Å². The van der Waals surface area contributed by atoms with Crippen LogP contribution in [0.25, 0.3) is 0 Å². The quantitative estimate of drug-likeness (QED) is 0.823. The van der Waals surface area contributed by atoms with Gasteiger partial charge in [-0.3, -0.25) is 9.48 Å². The first kappa shape index (κ1) is 20.0. The van der Waals surface area contributed by atoms with Gasteiger partial charge in [0, 0.05) is 42.3 Å². The SMILES string of the molecule is CC(NC(=O)[C@H]1CNC[C@@H]1c1cnn(C)c1)c1cc(Cl)ccc1Cl.Cl. The van der Waals surface area contributed by atoms with Gasteiger partial charge in [-0.15, -0.1) is 12.4 Å². The molecule has 0 spiro atoms. The van der Waals surface area contributed by atoms with Crippen molar-refractivity contribution in [3.05, 3.63) is 51.8 Å². The van der Waals surface area contributed by atoms with E-state index in [-0.39, 0.29) is 36.2 Å². The van der Waals surface area contributed by atoms with E-state index in [1.807, 2.05) is 26.4 Å². The maximum atomic E-state index is 12.8. The smallest absolute Gasteiger partial charge is 0.225 e. The molecule has 0 radical (unpaired) electrons. The Hall–Kier alpha value is -1.27. The minimum Gasteiger partial charge on any atom is -0.349 e. The van der Waals surface area contributed by atoms with Crippen molar-refractivity contribution >= 4 is 41.5 Å². The van der Waals surface area contributed by atoms with E-state index < -0.39 is 0 Å². The van der Waals surface area contributed by atoms with Gasteiger partial charge in [0.2, 0.25) is 5.91 Å². The number of nitrogens with zero attached hydrogens (tertiary/aromatic N) is 2. The fourth-order valence-electron chi connectivity index (χ4n) is 3.18. The molecule has 0 aliphatic carbocycles. The zero-order chi connectivity index (χ0) is 17.3. The van der Waals surface area contributed by atoms with Gasteiger partial charge in [-0.2, -0.15) is 5.10 Å². The van der Waals surface area contributed by atoms with Crippen LogP contribution in [-0.2, 0) is 11.8 Å². The lowest BCUT2D eigenvalue weighted by molar-refractivity contribution is -0.125. The third kappa shape index (κ3) is 4.47. The molecule has 2 N–H and O–H groups in total. The molecule has 1 unspecified atom stereocenters. The molecule has 1 aromatic heterocycles. The van der Waals surface area contributed by atoms with Crippen molar-refractivity contribution in [2.75, 3.05) is 13.1 Å². The zero-order valence-electron chi connectivity index (χ0n) is 14.0. The summed E-state index contributed by atoms with van der Waals surface area (Å²) in [5, 5.41) is 11.8. The Bertz CT molecular complexity index is 749. The van der Waals surface area contributed by atoms with Crippen LogP contribution in [0.1, 0.15) is 30.0 Å². The maximum absolute atomic E-state index is 12.8. The molecular formula is C17H21Cl3N4O. The van der Waals surface area contributed by atoms with Crippen molar-refractivity contribution in [3.63, 3.8) is 0 Å². The number of hydrogen-bond donors (Lipinski definition) is 2. The summed E-state index contributed by atoms with van der Waals surface area (Å²) in [6, 6.07) is 5.07. The number of benzene rings is 1. The van der Waals surface area contributed by atoms with Gasteiger partial charge >= 0.3 is 0 Å². The van der Waals surface area contributed by atoms with Gasteiger partial charge in [-0.05, 0) is 36.2 Å². The van der Waals surface area contributed by atoms with Crippen LogP contribution in [0.5, 0.6) is 0 Å². The first-order valence-corrected chi connectivity index (χ1v) is 8.66. The van der Waals surface area contributed by atoms with Crippen LogP contribution in [0.15, 0.2) is 30.6 Å². The molecule has 1 fully saturated rings. The van der Waals surface area contributed by atoms with Crippen molar-refractivity contribution in [2.45, 2.75) is 18.9 Å². The number of aromatic nitrogens is 2. The highest BCUT2D eigenvalue weighted by atomic mass is 35.5. The standard InChI is InChI=1S/C17H20Cl2N4O.ClH/c1-10(13-5-12(18)3-4-16(13)19)22-17(24)15-8-20-7-14(15)11-6-21-23(2)9-11;/h3-6,9-10,14-15,20H,7-8H2,1-2H3,(H,22,24);1H/t10?,14-,15+;/m1./s1. The molecule has 5 nitrogen and oxygen atoms in total. The van der Waals surface area contributed by atoms with E-state index in [1.54, 1.807) is 22.9 Å². The van der Waals surface area contributed by atoms with Crippen LogP contribution in [0, 0.1) is 5.92 Å². The van der Waals surface area contributed by atoms with Gasteiger partial charge in [0.25, 0.3) is 0 Å². The molecule has 0 saturated carbocycles. The summed E-state index contributed by atoms with van der Waals surface area (Å²) in [6.45, 7) is 3.34. The van der Waals surface area contributed by atoms with E-state index in [2.05, 4.69) is 15.7 Å². The molecule has 3 atom stereocenters. The van der Waals surface area contributed by atoms with Crippen LogP contribution in [-0.4, -0.2) is 28.8 Å². The Morgan fingerprint density at radius 1 is 1.40 bits per heavy atom. The first-order chi connectivity index (χ1) is 11.5. The second-order valence-electron chi connectivity index (χ2n) is 6.21. The predicted molar refractivity (Wildman–Crippen MR) is 103 cm³/mol. The van der Waals surface area contributed by atoms with Crippen LogP contribution < -0.4 is 10.6 Å². The van der Waals surface area contributed by atoms with Crippen LogP contribution in [0.4, 0.5) is 0 Å². The lowest BCUT2D eigenvalue weighted by atomic mass is 9.90. The van der Waals surface area contributed by atoms with Crippen LogP contribution in [0.3, 0.4) is 0 Å². The number of aryl methyl sites for hydroxylation is 1. The monoisotopic (exact) mass is 402 g/mol. The average molecular weight is 404 g/mol. The number of carbonyl (C=O) groups excluding carboxylic acids is 1. The van der Waals surface area contributed by atoms with Gasteiger partial charge in [-0.1, -0.05) is 23.2 Å². The Morgan fingerprint density at radius 2 is 2.16 bits per heavy atom. The highest BCUT2D eigenvalue weighted by molar-refractivity contribution is 6.33. The van der Waals surface area contributed by atoms with Crippen molar-refractivity contribution in [1.29, 1.82) is 0 Å². The third-order valence-electron chi connectivity index (χ3n) is 4.49. The Kier molecular flexibility index (Phi) is 6.74. The second kappa shape index (κ2) is 8.41. The molecule has 136 valence electrons. The Morgan fingerprint density at radius 3 is 2.84 bits per heavy atom. The molecule has 3 rings (SSSR count). The van der Waals surface area contributed by atoms with Crippen LogP contribution in [0.2, 0.25) is 10.0 Å². The molecule has 8 heteroatoms. The van der Waals surface area contributed by atoms with Gasteiger partial charge in [0.1, 0.15) is 0 Å². The van der Waals surface area contributed by atoms with Crippen molar-refractivity contribution in [3.8, 4) is 0 Å². The molecule has 1 aliphatic heterocycles. The minimum atomic E-state index is -0.209. The summed E-state index contributed by atoms with van der Waals surface area (Å²) in [4.78, 5) is 12.8. The van der Waals surface area contributed by atoms with Crippen molar-refractivity contribution in [2.24, 2.45) is 13.0 Å². The maximum Gasteiger partial charge on any atom is 0.225 e. The topological polar surface area (TPSA) is 59.0 Å². The fraction of sp³-hybridized carbons (Fsp3) is 0.412. The van der Waals surface area contributed by atoms with E-state index in [9.17, 15) is 4.79 Å². The third-order valence-corrected chi connectivity index (χ3v) is 5.07. The first-order valence-electron chi connectivity index (χ1n) is 7.90. The van der Waals surface area contributed by atoms with Crippen molar-refractivity contribution < 1.29 is 4.79 Å². The molecular weight excluding hydrogens is 383 g/mol. The predicted octanol–water partition coefficient (Wildman–Crippen LogP) is 3.33. The summed E-state index contributed by atoms with van der Waals surface area (Å²) in [6.07, 6.45) is 3.80. The number of carbonyl (C=O) groups is 1. The number of halogens is 3. The molecule has 2 aromatic rings. The summed E-state index contributed by atoms with van der Waals surface area (Å²) in [5.74, 6) is 0.00716. The number of hydrogen-bond acceptors (Lipinski definition) is 3. The Balaban J connectivity index is 0.00000225. The van der Waals surface area contributed by atoms with Gasteiger partial charge < -0.3 is 10.6 Å². The number of amides is 1. The largest absolute Gasteiger partial charge is 0.349 e. The van der Waals surface area contributed by atoms with E-state index >= 15 is 0 Å². The lowest BCUT2D eigenvalue weighted by Gasteiger charge is -2.21. The van der Waals surface area contributed by atoms with Gasteiger partial charge in [0.05, 0.1) is 18.2 Å². The summed E-state index contributed by atoms with van der Waals surface area (Å²) < 4.78 is 1.76. The molecule has 1 aromatic carbocycles. The molecule has 2 heterocycles. The Labute approximate surface area is 163 Å². The highest BCUT2D eigenvalue weighted by Crippen LogP contribution is 2.30. The van der Waals surface area contributed by atoms with Crippen LogP contribution >= 0.6 is 35.6 Å². The normalized spacial score (nSPS) is 20.8. The van der Waals surface area contributed by atoms with Crippen molar-refractivity contribution in [1.82, 2.24) is 20.4 Å². The van der Waals surface area contributed by atoms with Gasteiger partial charge in [0.15, 0.2) is 0 Å². The highest BCUT2D eigenvalue weighted by Gasteiger charge is 2.35. The molecule has 25 heavy (non-hydrogen) atoms. The van der Waals surface area contributed by atoms with Gasteiger partial charge in [-0.25, -0.2) is 0 Å². The molecule has 1 saturated heterocycles. The number of rotatable bonds is 4. The molecule has 0 bridgehead atoms. The lowest BCUT2D eigenvalue weighted by Crippen LogP contribution is -2.36. The fourth-order valence-corrected chi connectivity index (χ4v) is 3.64.